The molecule has 0 atom stereocenters. The van der Waals surface area contributed by atoms with Gasteiger partial charge in [0.25, 0.3) is 0 Å². The Balaban J connectivity index is 2.28. The zero-order chi connectivity index (χ0) is 16.8. The van der Waals surface area contributed by atoms with Gasteiger partial charge in [0.1, 0.15) is 17.0 Å². The summed E-state index contributed by atoms with van der Waals surface area (Å²) in [6.07, 6.45) is -4.98. The highest BCUT2D eigenvalue weighted by Gasteiger charge is 2.37. The number of alkyl halides is 3. The SMILES string of the molecule is O=C(O)n1ccc2ccc(-c3cccc(F)c3C(F)(F)F)nc21. The largest absolute Gasteiger partial charge is 0.464 e. The molecule has 0 radical (unpaired) electrons. The number of fused-ring (bicyclic) bond motifs is 1. The minimum atomic E-state index is -4.90. The lowest BCUT2D eigenvalue weighted by molar-refractivity contribution is -0.139. The smallest absolute Gasteiger partial charge is 0.419 e. The Hall–Kier alpha value is -2.90. The van der Waals surface area contributed by atoms with E-state index in [9.17, 15) is 22.4 Å². The van der Waals surface area contributed by atoms with Gasteiger partial charge in [0, 0.05) is 17.1 Å². The minimum Gasteiger partial charge on any atom is -0.464 e. The van der Waals surface area contributed by atoms with Crippen LogP contribution in [0.15, 0.2) is 42.6 Å². The van der Waals surface area contributed by atoms with Crippen LogP contribution in [0.5, 0.6) is 0 Å². The lowest BCUT2D eigenvalue weighted by Crippen LogP contribution is -2.11. The third kappa shape index (κ3) is 2.52. The summed E-state index contributed by atoms with van der Waals surface area (Å²) in [5.41, 5.74) is -2.06. The van der Waals surface area contributed by atoms with Crippen molar-refractivity contribution < 1.29 is 27.5 Å². The number of aromatic nitrogens is 2. The Morgan fingerprint density at radius 1 is 1.13 bits per heavy atom. The maximum Gasteiger partial charge on any atom is 0.419 e. The number of carboxylic acid groups (broad SMARTS) is 1. The summed E-state index contributed by atoms with van der Waals surface area (Å²) in [6.45, 7) is 0. The zero-order valence-electron chi connectivity index (χ0n) is 11.3. The molecule has 8 heteroatoms. The van der Waals surface area contributed by atoms with Crippen molar-refractivity contribution in [3.63, 3.8) is 0 Å². The van der Waals surface area contributed by atoms with Gasteiger partial charge in [0.15, 0.2) is 0 Å². The van der Waals surface area contributed by atoms with Crippen LogP contribution in [-0.2, 0) is 6.18 Å². The Morgan fingerprint density at radius 2 is 1.87 bits per heavy atom. The number of nitrogens with zero attached hydrogens (tertiary/aromatic N) is 2. The van der Waals surface area contributed by atoms with E-state index in [0.29, 0.717) is 11.5 Å². The highest BCUT2D eigenvalue weighted by Crippen LogP contribution is 2.38. The Morgan fingerprint density at radius 3 is 2.52 bits per heavy atom. The molecule has 0 aliphatic carbocycles. The topological polar surface area (TPSA) is 55.1 Å². The Bertz CT molecular complexity index is 915. The van der Waals surface area contributed by atoms with E-state index in [-0.39, 0.29) is 11.3 Å². The van der Waals surface area contributed by atoms with Crippen LogP contribution in [0.25, 0.3) is 22.3 Å². The zero-order valence-corrected chi connectivity index (χ0v) is 11.3. The van der Waals surface area contributed by atoms with Gasteiger partial charge < -0.3 is 5.11 Å². The number of halogens is 4. The molecule has 3 aromatic rings. The average Bonchev–Trinajstić information content (AvgIpc) is 2.88. The molecule has 0 saturated carbocycles. The molecule has 0 spiro atoms. The van der Waals surface area contributed by atoms with Crippen LogP contribution in [0.3, 0.4) is 0 Å². The van der Waals surface area contributed by atoms with Crippen LogP contribution in [0.2, 0.25) is 0 Å². The summed E-state index contributed by atoms with van der Waals surface area (Å²) < 4.78 is 53.7. The molecule has 23 heavy (non-hydrogen) atoms. The number of hydrogen-bond acceptors (Lipinski definition) is 2. The maximum absolute atomic E-state index is 13.6. The van der Waals surface area contributed by atoms with E-state index >= 15 is 0 Å². The van der Waals surface area contributed by atoms with Gasteiger partial charge >= 0.3 is 12.3 Å². The number of hydrogen-bond donors (Lipinski definition) is 1. The number of benzene rings is 1. The third-order valence-corrected chi connectivity index (χ3v) is 3.32. The molecule has 2 heterocycles. The molecule has 0 unspecified atom stereocenters. The van der Waals surface area contributed by atoms with Crippen LogP contribution in [0, 0.1) is 5.82 Å². The van der Waals surface area contributed by atoms with Gasteiger partial charge in [-0.05, 0) is 24.3 Å². The normalized spacial score (nSPS) is 11.8. The molecule has 118 valence electrons. The van der Waals surface area contributed by atoms with E-state index in [1.807, 2.05) is 0 Å². The van der Waals surface area contributed by atoms with E-state index in [0.717, 1.165) is 16.7 Å². The van der Waals surface area contributed by atoms with Crippen molar-refractivity contribution in [2.24, 2.45) is 0 Å². The molecular weight excluding hydrogens is 316 g/mol. The van der Waals surface area contributed by atoms with Crippen molar-refractivity contribution in [1.29, 1.82) is 0 Å². The van der Waals surface area contributed by atoms with Gasteiger partial charge in [-0.15, -0.1) is 0 Å². The lowest BCUT2D eigenvalue weighted by Gasteiger charge is -2.13. The summed E-state index contributed by atoms with van der Waals surface area (Å²) in [7, 11) is 0. The molecular formula is C15H8F4N2O2. The first-order valence-electron chi connectivity index (χ1n) is 6.36. The van der Waals surface area contributed by atoms with Gasteiger partial charge in [-0.25, -0.2) is 18.7 Å². The first kappa shape index (κ1) is 15.0. The van der Waals surface area contributed by atoms with E-state index in [1.54, 1.807) is 0 Å². The average molecular weight is 324 g/mol. The molecule has 1 aromatic carbocycles. The molecule has 0 fully saturated rings. The minimum absolute atomic E-state index is 0.0209. The van der Waals surface area contributed by atoms with Crippen molar-refractivity contribution in [3.05, 3.63) is 54.0 Å². The Labute approximate surface area is 126 Å². The molecule has 0 amide bonds. The first-order valence-corrected chi connectivity index (χ1v) is 6.36. The molecule has 0 aliphatic rings. The summed E-state index contributed by atoms with van der Waals surface area (Å²) in [6, 6.07) is 7.14. The van der Waals surface area contributed by atoms with E-state index in [1.165, 1.54) is 24.4 Å². The fraction of sp³-hybridized carbons (Fsp3) is 0.0667. The summed E-state index contributed by atoms with van der Waals surface area (Å²) in [4.78, 5) is 15.0. The third-order valence-electron chi connectivity index (χ3n) is 3.32. The number of rotatable bonds is 1. The second-order valence-corrected chi connectivity index (χ2v) is 4.74. The van der Waals surface area contributed by atoms with Gasteiger partial charge in [-0.2, -0.15) is 13.2 Å². The molecule has 1 N–H and O–H groups in total. The van der Waals surface area contributed by atoms with E-state index in [4.69, 9.17) is 5.11 Å². The van der Waals surface area contributed by atoms with Crippen LogP contribution < -0.4 is 0 Å². The second-order valence-electron chi connectivity index (χ2n) is 4.74. The van der Waals surface area contributed by atoms with E-state index < -0.39 is 29.2 Å². The van der Waals surface area contributed by atoms with Crippen molar-refractivity contribution in [3.8, 4) is 11.3 Å². The highest BCUT2D eigenvalue weighted by molar-refractivity contribution is 5.87. The number of carbonyl (C=O) groups is 1. The van der Waals surface area contributed by atoms with Crippen LogP contribution in [0.4, 0.5) is 22.4 Å². The summed E-state index contributed by atoms with van der Waals surface area (Å²) in [5, 5.41) is 9.49. The van der Waals surface area contributed by atoms with Crippen LogP contribution in [-0.4, -0.2) is 20.8 Å². The number of pyridine rings is 1. The summed E-state index contributed by atoms with van der Waals surface area (Å²) in [5.74, 6) is -1.41. The fourth-order valence-corrected chi connectivity index (χ4v) is 2.34. The molecule has 0 saturated heterocycles. The first-order chi connectivity index (χ1) is 10.8. The predicted octanol–water partition coefficient (Wildman–Crippen LogP) is 4.39. The van der Waals surface area contributed by atoms with Gasteiger partial charge in [0.05, 0.1) is 5.69 Å². The van der Waals surface area contributed by atoms with E-state index in [2.05, 4.69) is 4.98 Å². The van der Waals surface area contributed by atoms with Crippen molar-refractivity contribution >= 4 is 17.1 Å². The monoisotopic (exact) mass is 324 g/mol. The van der Waals surface area contributed by atoms with Crippen molar-refractivity contribution in [2.45, 2.75) is 6.18 Å². The summed E-state index contributed by atoms with van der Waals surface area (Å²) >= 11 is 0. The highest BCUT2D eigenvalue weighted by atomic mass is 19.4. The second kappa shape index (κ2) is 5.08. The maximum atomic E-state index is 13.6. The van der Waals surface area contributed by atoms with Gasteiger partial charge in [0.2, 0.25) is 0 Å². The van der Waals surface area contributed by atoms with Gasteiger partial charge in [-0.3, -0.25) is 0 Å². The standard InChI is InChI=1S/C15H8F4N2O2/c16-10-3-1-2-9(12(10)15(17,18)19)11-5-4-8-6-7-21(14(22)23)13(8)20-11/h1-7H,(H,22,23). The molecule has 4 nitrogen and oxygen atoms in total. The van der Waals surface area contributed by atoms with Gasteiger partial charge in [-0.1, -0.05) is 12.1 Å². The van der Waals surface area contributed by atoms with Crippen LogP contribution >= 0.6 is 0 Å². The van der Waals surface area contributed by atoms with Crippen molar-refractivity contribution in [2.75, 3.05) is 0 Å². The quantitative estimate of drug-likeness (QED) is 0.676. The van der Waals surface area contributed by atoms with Crippen LogP contribution in [0.1, 0.15) is 5.56 Å². The lowest BCUT2D eigenvalue weighted by atomic mass is 10.0. The molecule has 2 aromatic heterocycles. The molecule has 0 aliphatic heterocycles. The fourth-order valence-electron chi connectivity index (χ4n) is 2.34. The predicted molar refractivity (Wildman–Crippen MR) is 73.6 cm³/mol. The van der Waals surface area contributed by atoms with Crippen molar-refractivity contribution in [1.82, 2.24) is 9.55 Å². The molecule has 0 bridgehead atoms. The molecule has 3 rings (SSSR count). The Kier molecular flexibility index (Phi) is 3.32.